The average molecular weight is 152 g/mol. The molecule has 0 saturated heterocycles. The number of aliphatic hydroxyl groups is 1. The maximum absolute atomic E-state index is 9.49. The zero-order valence-electron chi connectivity index (χ0n) is 6.62. The highest BCUT2D eigenvalue weighted by atomic mass is 16.3. The normalized spacial score (nSPS) is 23.3. The first-order valence-corrected chi connectivity index (χ1v) is 3.99. The molecule has 1 atom stereocenters. The van der Waals surface area contributed by atoms with Crippen LogP contribution in [-0.4, -0.2) is 14.7 Å². The van der Waals surface area contributed by atoms with E-state index in [1.165, 1.54) is 0 Å². The number of hydrogen-bond donors (Lipinski definition) is 1. The van der Waals surface area contributed by atoms with Gasteiger partial charge in [-0.3, -0.25) is 0 Å². The van der Waals surface area contributed by atoms with Crippen molar-refractivity contribution >= 4 is 0 Å². The molecule has 1 aliphatic rings. The van der Waals surface area contributed by atoms with Gasteiger partial charge in [0.2, 0.25) is 0 Å². The summed E-state index contributed by atoms with van der Waals surface area (Å²) in [7, 11) is 0. The summed E-state index contributed by atoms with van der Waals surface area (Å²) in [5.74, 6) is 0.841. The molecule has 0 bridgehead atoms. The van der Waals surface area contributed by atoms with Crippen LogP contribution in [-0.2, 0) is 6.54 Å². The van der Waals surface area contributed by atoms with Crippen molar-refractivity contribution in [3.05, 3.63) is 17.7 Å². The van der Waals surface area contributed by atoms with Crippen LogP contribution in [0.25, 0.3) is 0 Å². The highest BCUT2D eigenvalue weighted by molar-refractivity contribution is 5.06. The van der Waals surface area contributed by atoms with Gasteiger partial charge in [0.25, 0.3) is 0 Å². The minimum absolute atomic E-state index is 0.336. The van der Waals surface area contributed by atoms with Crippen LogP contribution in [0.15, 0.2) is 6.20 Å². The van der Waals surface area contributed by atoms with Crippen LogP contribution in [0.5, 0.6) is 0 Å². The van der Waals surface area contributed by atoms with Crippen LogP contribution in [0.4, 0.5) is 0 Å². The Balaban J connectivity index is 2.43. The molecular formula is C8H12N2O. The van der Waals surface area contributed by atoms with Crippen molar-refractivity contribution in [3.8, 4) is 0 Å². The van der Waals surface area contributed by atoms with Crippen LogP contribution < -0.4 is 0 Å². The molecule has 0 aliphatic carbocycles. The Labute approximate surface area is 65.7 Å². The molecule has 3 nitrogen and oxygen atoms in total. The molecule has 1 aliphatic heterocycles. The Morgan fingerprint density at radius 3 is 3.27 bits per heavy atom. The first-order chi connectivity index (χ1) is 5.27. The quantitative estimate of drug-likeness (QED) is 0.602. The topological polar surface area (TPSA) is 38.0 Å². The molecular weight excluding hydrogens is 140 g/mol. The van der Waals surface area contributed by atoms with Gasteiger partial charge in [-0.2, -0.15) is 0 Å². The molecule has 0 fully saturated rings. The van der Waals surface area contributed by atoms with Gasteiger partial charge < -0.3 is 9.67 Å². The molecule has 0 unspecified atom stereocenters. The van der Waals surface area contributed by atoms with E-state index in [1.54, 1.807) is 0 Å². The second-order valence-electron chi connectivity index (χ2n) is 3.09. The number of aromatic nitrogens is 2. The van der Waals surface area contributed by atoms with Gasteiger partial charge in [-0.15, -0.1) is 0 Å². The minimum atomic E-state index is -0.336. The van der Waals surface area contributed by atoms with E-state index in [0.29, 0.717) is 0 Å². The lowest BCUT2D eigenvalue weighted by Crippen LogP contribution is -2.14. The summed E-state index contributed by atoms with van der Waals surface area (Å²) in [5.41, 5.74) is 1.00. The van der Waals surface area contributed by atoms with Crippen molar-refractivity contribution in [1.82, 2.24) is 9.55 Å². The van der Waals surface area contributed by atoms with Crippen molar-refractivity contribution in [2.24, 2.45) is 0 Å². The molecule has 2 rings (SSSR count). The Hall–Kier alpha value is -0.830. The van der Waals surface area contributed by atoms with Gasteiger partial charge >= 0.3 is 0 Å². The maximum atomic E-state index is 9.49. The van der Waals surface area contributed by atoms with E-state index >= 15 is 0 Å². The molecule has 1 N–H and O–H groups in total. The number of imidazole rings is 1. The lowest BCUT2D eigenvalue weighted by Gasteiger charge is -2.18. The van der Waals surface area contributed by atoms with E-state index in [2.05, 4.69) is 4.98 Å². The fourth-order valence-electron chi connectivity index (χ4n) is 1.59. The molecule has 2 heterocycles. The van der Waals surface area contributed by atoms with Crippen molar-refractivity contribution in [2.75, 3.05) is 0 Å². The third-order valence-corrected chi connectivity index (χ3v) is 2.10. The molecule has 0 aromatic carbocycles. The molecule has 1 aromatic heterocycles. The summed E-state index contributed by atoms with van der Waals surface area (Å²) in [6.07, 6.45) is 3.58. The van der Waals surface area contributed by atoms with E-state index in [-0.39, 0.29) is 6.10 Å². The SMILES string of the molecule is Cc1cn2c(n1)[C@@H](O)CCC2. The van der Waals surface area contributed by atoms with Gasteiger partial charge in [0, 0.05) is 12.7 Å². The number of aliphatic hydroxyl groups excluding tert-OH is 1. The number of fused-ring (bicyclic) bond motifs is 1. The average Bonchev–Trinajstić information content (AvgIpc) is 2.31. The lowest BCUT2D eigenvalue weighted by atomic mass is 10.1. The molecule has 0 radical (unpaired) electrons. The zero-order valence-corrected chi connectivity index (χ0v) is 6.62. The Morgan fingerprint density at radius 2 is 2.55 bits per heavy atom. The lowest BCUT2D eigenvalue weighted by molar-refractivity contribution is 0.133. The fourth-order valence-corrected chi connectivity index (χ4v) is 1.59. The van der Waals surface area contributed by atoms with Crippen molar-refractivity contribution in [2.45, 2.75) is 32.4 Å². The third-order valence-electron chi connectivity index (χ3n) is 2.10. The summed E-state index contributed by atoms with van der Waals surface area (Å²) in [5, 5.41) is 9.49. The number of hydrogen-bond acceptors (Lipinski definition) is 2. The Bertz CT molecular complexity index is 267. The van der Waals surface area contributed by atoms with E-state index in [1.807, 2.05) is 17.7 Å². The molecule has 11 heavy (non-hydrogen) atoms. The maximum Gasteiger partial charge on any atom is 0.137 e. The molecule has 0 saturated carbocycles. The fraction of sp³-hybridized carbons (Fsp3) is 0.625. The Kier molecular flexibility index (Phi) is 1.46. The third kappa shape index (κ3) is 1.05. The van der Waals surface area contributed by atoms with Crippen LogP contribution in [0, 0.1) is 6.92 Å². The van der Waals surface area contributed by atoms with Crippen LogP contribution in [0.1, 0.15) is 30.5 Å². The summed E-state index contributed by atoms with van der Waals surface area (Å²) in [6.45, 7) is 2.96. The minimum Gasteiger partial charge on any atom is -0.385 e. The smallest absolute Gasteiger partial charge is 0.137 e. The second-order valence-corrected chi connectivity index (χ2v) is 3.09. The summed E-state index contributed by atoms with van der Waals surface area (Å²) in [4.78, 5) is 4.25. The van der Waals surface area contributed by atoms with E-state index in [0.717, 1.165) is 30.9 Å². The first kappa shape index (κ1) is 6.85. The van der Waals surface area contributed by atoms with Gasteiger partial charge in [-0.1, -0.05) is 0 Å². The number of aryl methyl sites for hydroxylation is 2. The molecule has 0 amide bonds. The number of nitrogens with zero attached hydrogens (tertiary/aromatic N) is 2. The van der Waals surface area contributed by atoms with E-state index in [9.17, 15) is 5.11 Å². The van der Waals surface area contributed by atoms with Gasteiger partial charge in [0.15, 0.2) is 0 Å². The van der Waals surface area contributed by atoms with Gasteiger partial charge in [-0.25, -0.2) is 4.98 Å². The van der Waals surface area contributed by atoms with Crippen LogP contribution in [0.3, 0.4) is 0 Å². The van der Waals surface area contributed by atoms with Crippen molar-refractivity contribution < 1.29 is 5.11 Å². The first-order valence-electron chi connectivity index (χ1n) is 3.99. The van der Waals surface area contributed by atoms with Crippen molar-refractivity contribution in [3.63, 3.8) is 0 Å². The standard InChI is InChI=1S/C8H12N2O/c1-6-5-10-4-2-3-7(11)8(10)9-6/h5,7,11H,2-4H2,1H3/t7-/m0/s1. The second kappa shape index (κ2) is 2.34. The summed E-state index contributed by atoms with van der Waals surface area (Å²) in [6, 6.07) is 0. The molecule has 0 spiro atoms. The molecule has 60 valence electrons. The zero-order chi connectivity index (χ0) is 7.84. The largest absolute Gasteiger partial charge is 0.385 e. The summed E-state index contributed by atoms with van der Waals surface area (Å²) >= 11 is 0. The molecule has 3 heteroatoms. The van der Waals surface area contributed by atoms with Crippen molar-refractivity contribution in [1.29, 1.82) is 0 Å². The Morgan fingerprint density at radius 1 is 1.73 bits per heavy atom. The van der Waals surface area contributed by atoms with E-state index < -0.39 is 0 Å². The van der Waals surface area contributed by atoms with Crippen LogP contribution >= 0.6 is 0 Å². The number of rotatable bonds is 0. The molecule has 1 aromatic rings. The van der Waals surface area contributed by atoms with Crippen LogP contribution in [0.2, 0.25) is 0 Å². The highest BCUT2D eigenvalue weighted by Crippen LogP contribution is 2.23. The monoisotopic (exact) mass is 152 g/mol. The van der Waals surface area contributed by atoms with Gasteiger partial charge in [0.05, 0.1) is 5.69 Å². The van der Waals surface area contributed by atoms with Gasteiger partial charge in [0.1, 0.15) is 11.9 Å². The predicted octanol–water partition coefficient (Wildman–Crippen LogP) is 1.02. The highest BCUT2D eigenvalue weighted by Gasteiger charge is 2.19. The van der Waals surface area contributed by atoms with Gasteiger partial charge in [-0.05, 0) is 19.8 Å². The predicted molar refractivity (Wildman–Crippen MR) is 41.2 cm³/mol. The summed E-state index contributed by atoms with van der Waals surface area (Å²) < 4.78 is 2.05. The van der Waals surface area contributed by atoms with E-state index in [4.69, 9.17) is 0 Å².